The molecule has 5 aromatic rings. The minimum absolute atomic E-state index is 0. The number of pyridine rings is 4. The topological polar surface area (TPSA) is 76.3 Å². The van der Waals surface area contributed by atoms with Gasteiger partial charge in [-0.3, -0.25) is 29.9 Å². The maximum Gasteiger partial charge on any atom is 0.0889 e. The number of halogens is 4. The van der Waals surface area contributed by atoms with Crippen LogP contribution in [0.4, 0.5) is 11.4 Å². The van der Waals surface area contributed by atoms with Crippen molar-refractivity contribution in [2.24, 2.45) is 9.98 Å². The Kier molecular flexibility index (Phi) is 22.8. The molecule has 0 aliphatic heterocycles. The van der Waals surface area contributed by atoms with Crippen LogP contribution in [-0.2, 0) is 47.0 Å². The minimum atomic E-state index is 0. The maximum absolute atomic E-state index is 4.69. The van der Waals surface area contributed by atoms with E-state index in [1.54, 1.807) is 12.4 Å². The number of benzene rings is 1. The predicted molar refractivity (Wildman–Crippen MR) is 186 cm³/mol. The minimum Gasteiger partial charge on any atom is -0.261 e. The second-order valence-corrected chi connectivity index (χ2v) is 8.01. The Morgan fingerprint density at radius 3 is 1.19 bits per heavy atom. The van der Waals surface area contributed by atoms with Crippen LogP contribution >= 0.6 is 67.9 Å². The zero-order chi connectivity index (χ0) is 24.4. The van der Waals surface area contributed by atoms with E-state index in [0.717, 1.165) is 45.5 Å². The van der Waals surface area contributed by atoms with Gasteiger partial charge in [-0.05, 0) is 72.8 Å². The average molecular weight is 904 g/mol. The molecule has 12 heteroatoms. The van der Waals surface area contributed by atoms with Crippen molar-refractivity contribution >= 4 is 91.7 Å². The number of hydrogen-bond acceptors (Lipinski definition) is 6. The monoisotopic (exact) mass is 900 g/mol. The molecular weight excluding hydrogens is 876 g/mol. The Hall–Kier alpha value is -1.88. The Balaban J connectivity index is 0. The van der Waals surface area contributed by atoms with Crippen LogP contribution in [0.15, 0.2) is 119 Å². The van der Waals surface area contributed by atoms with Gasteiger partial charge in [-0.2, -0.15) is 0 Å². The Morgan fingerprint density at radius 1 is 0.452 bits per heavy atom. The third-order valence-corrected chi connectivity index (χ3v) is 5.40. The van der Waals surface area contributed by atoms with E-state index in [4.69, 9.17) is 0 Å². The van der Waals surface area contributed by atoms with Crippen LogP contribution in [0.5, 0.6) is 0 Å². The van der Waals surface area contributed by atoms with Crippen molar-refractivity contribution in [1.82, 2.24) is 19.9 Å². The van der Waals surface area contributed by atoms with Gasteiger partial charge in [0.25, 0.3) is 0 Å². The summed E-state index contributed by atoms with van der Waals surface area (Å²) in [6.07, 6.45) is 8.59. The number of nitrogens with zero attached hydrogens (tertiary/aromatic N) is 6. The molecule has 0 atom stereocenters. The van der Waals surface area contributed by atoms with Crippen LogP contribution in [0.1, 0.15) is 11.4 Å². The van der Waals surface area contributed by atoms with E-state index in [-0.39, 0.29) is 102 Å². The molecule has 0 N–H and O–H groups in total. The van der Waals surface area contributed by atoms with Crippen molar-refractivity contribution in [3.63, 3.8) is 0 Å². The first-order valence-electron chi connectivity index (χ1n) is 11.7. The molecule has 42 heavy (non-hydrogen) atoms. The fourth-order valence-electron chi connectivity index (χ4n) is 3.61. The molecule has 5 rings (SSSR count). The van der Waals surface area contributed by atoms with E-state index in [9.17, 15) is 0 Å². The van der Waals surface area contributed by atoms with Crippen molar-refractivity contribution < 1.29 is 34.1 Å². The summed E-state index contributed by atoms with van der Waals surface area (Å²) in [6, 6.07) is 31.4. The first-order chi connectivity index (χ1) is 17.8. The average Bonchev–Trinajstić information content (AvgIpc) is 2.95. The smallest absolute Gasteiger partial charge is 0.0889 e. The predicted octanol–water partition coefficient (Wildman–Crippen LogP) is 8.80. The molecule has 0 saturated carbocycles. The van der Waals surface area contributed by atoms with Crippen molar-refractivity contribution in [2.45, 2.75) is 12.8 Å². The molecule has 4 aromatic heterocycles. The Labute approximate surface area is 309 Å². The van der Waals surface area contributed by atoms with Crippen LogP contribution < -0.4 is 0 Å². The number of hydrogen-bond donors (Lipinski definition) is 0. The standard InChI is InChI=1S/C30H24N6.4BrH.2Fe/c1-3-19-33-27(9-1)29-11-5-7-25(35-29)17-21-31-23-13-15-24(16-14-23)32-22-18-26-8-6-12-30(36-26)28-10-2-4-20-34-28;;;;;;/h1-16,19-22H,17-18H2;4*1H;;. The van der Waals surface area contributed by atoms with Gasteiger partial charge in [0, 0.05) is 83.2 Å². The van der Waals surface area contributed by atoms with Gasteiger partial charge >= 0.3 is 0 Å². The molecule has 0 aliphatic carbocycles. The summed E-state index contributed by atoms with van der Waals surface area (Å²) < 4.78 is 0. The van der Waals surface area contributed by atoms with Crippen molar-refractivity contribution in [2.75, 3.05) is 0 Å². The zero-order valence-electron chi connectivity index (χ0n) is 22.0. The molecule has 4 heterocycles. The van der Waals surface area contributed by atoms with Gasteiger partial charge in [0.2, 0.25) is 0 Å². The molecule has 222 valence electrons. The summed E-state index contributed by atoms with van der Waals surface area (Å²) in [7, 11) is 0. The fourth-order valence-corrected chi connectivity index (χ4v) is 3.61. The van der Waals surface area contributed by atoms with Gasteiger partial charge in [-0.1, -0.05) is 24.3 Å². The molecule has 6 nitrogen and oxygen atoms in total. The van der Waals surface area contributed by atoms with E-state index in [0.29, 0.717) is 12.8 Å². The van der Waals surface area contributed by atoms with Gasteiger partial charge in [0.1, 0.15) is 0 Å². The van der Waals surface area contributed by atoms with E-state index in [1.165, 1.54) is 0 Å². The van der Waals surface area contributed by atoms with Crippen LogP contribution in [0.2, 0.25) is 0 Å². The van der Waals surface area contributed by atoms with Gasteiger partial charge in [-0.15, -0.1) is 67.9 Å². The number of aromatic nitrogens is 4. The summed E-state index contributed by atoms with van der Waals surface area (Å²) in [5.74, 6) is 0. The van der Waals surface area contributed by atoms with Gasteiger partial charge in [0.05, 0.1) is 34.2 Å². The summed E-state index contributed by atoms with van der Waals surface area (Å²) in [5, 5.41) is 0. The molecule has 1 aromatic carbocycles. The molecular formula is C30H28Br4Fe2N6. The van der Waals surface area contributed by atoms with Crippen molar-refractivity contribution in [1.29, 1.82) is 0 Å². The summed E-state index contributed by atoms with van der Waals surface area (Å²) in [4.78, 5) is 27.2. The van der Waals surface area contributed by atoms with Gasteiger partial charge in [-0.25, -0.2) is 0 Å². The van der Waals surface area contributed by atoms with Crippen LogP contribution in [-0.4, -0.2) is 32.4 Å². The fraction of sp³-hybridized carbons (Fsp3) is 0.0667. The summed E-state index contributed by atoms with van der Waals surface area (Å²) >= 11 is 0. The van der Waals surface area contributed by atoms with E-state index < -0.39 is 0 Å². The molecule has 0 amide bonds. The molecule has 0 spiro atoms. The van der Waals surface area contributed by atoms with E-state index >= 15 is 0 Å². The summed E-state index contributed by atoms with van der Waals surface area (Å²) in [5.41, 5.74) is 7.10. The molecule has 0 aliphatic rings. The zero-order valence-corrected chi connectivity index (χ0v) is 31.0. The third kappa shape index (κ3) is 12.8. The maximum atomic E-state index is 4.69. The number of rotatable bonds is 8. The van der Waals surface area contributed by atoms with Crippen LogP contribution in [0, 0.1) is 0 Å². The second-order valence-electron chi connectivity index (χ2n) is 8.01. The van der Waals surface area contributed by atoms with E-state index in [1.807, 2.05) is 109 Å². The number of aliphatic imine (C=N–C) groups is 2. The molecule has 0 bridgehead atoms. The Bertz CT molecular complexity index is 1380. The second kappa shape index (κ2) is 22.6. The van der Waals surface area contributed by atoms with Gasteiger partial charge < -0.3 is 0 Å². The van der Waals surface area contributed by atoms with Crippen LogP contribution in [0.25, 0.3) is 22.8 Å². The van der Waals surface area contributed by atoms with Gasteiger partial charge in [0.15, 0.2) is 0 Å². The Morgan fingerprint density at radius 2 is 0.833 bits per heavy atom. The molecule has 0 saturated heterocycles. The normalized spacial score (nSPS) is 9.71. The molecule has 0 fully saturated rings. The van der Waals surface area contributed by atoms with Crippen LogP contribution in [0.3, 0.4) is 0 Å². The quantitative estimate of drug-likeness (QED) is 0.115. The summed E-state index contributed by atoms with van der Waals surface area (Å²) in [6.45, 7) is 0. The van der Waals surface area contributed by atoms with Crippen molar-refractivity contribution in [3.8, 4) is 22.8 Å². The largest absolute Gasteiger partial charge is 0.261 e. The first kappa shape index (κ1) is 42.3. The first-order valence-corrected chi connectivity index (χ1v) is 11.7. The van der Waals surface area contributed by atoms with Crippen molar-refractivity contribution in [3.05, 3.63) is 121 Å². The molecule has 0 unspecified atom stereocenters. The third-order valence-electron chi connectivity index (χ3n) is 5.40. The molecule has 0 radical (unpaired) electrons. The SMILES string of the molecule is Br.Br.Br.Br.C(Cc1cccc(-c2ccccn2)n1)=Nc1ccc(N=CCc2cccc(-c3ccccn3)n2)cc1.[Fe].[Fe]. The van der Waals surface area contributed by atoms with E-state index in [2.05, 4.69) is 29.9 Å².